The second-order valence-corrected chi connectivity index (χ2v) is 10.8. The summed E-state index contributed by atoms with van der Waals surface area (Å²) in [7, 11) is 0. The molecule has 3 aromatic carbocycles. The minimum absolute atomic E-state index is 0.00428. The van der Waals surface area contributed by atoms with E-state index in [-0.39, 0.29) is 17.0 Å². The summed E-state index contributed by atoms with van der Waals surface area (Å²) in [5.74, 6) is -0.991. The number of carbonyl (C=O) groups is 1. The lowest BCUT2D eigenvalue weighted by atomic mass is 9.95. The molecule has 214 valence electrons. The van der Waals surface area contributed by atoms with Gasteiger partial charge < -0.3 is 14.9 Å². The third-order valence-electron chi connectivity index (χ3n) is 7.28. The van der Waals surface area contributed by atoms with Gasteiger partial charge in [0.2, 0.25) is 0 Å². The van der Waals surface area contributed by atoms with E-state index in [0.29, 0.717) is 76.2 Å². The van der Waals surface area contributed by atoms with Crippen molar-refractivity contribution in [2.24, 2.45) is 5.16 Å². The first-order valence-corrected chi connectivity index (χ1v) is 13.6. The summed E-state index contributed by atoms with van der Waals surface area (Å²) >= 11 is 5.91. The Bertz CT molecular complexity index is 1920. The number of imidazole rings is 1. The van der Waals surface area contributed by atoms with E-state index in [2.05, 4.69) is 15.1 Å². The number of nitrogens with zero attached hydrogens (tertiary/aromatic N) is 4. The van der Waals surface area contributed by atoms with Crippen LogP contribution >= 0.6 is 11.6 Å². The van der Waals surface area contributed by atoms with Crippen molar-refractivity contribution >= 4 is 45.2 Å². The molecule has 2 N–H and O–H groups in total. The minimum atomic E-state index is -0.957. The topological polar surface area (TPSA) is 122 Å². The van der Waals surface area contributed by atoms with Crippen LogP contribution in [-0.4, -0.2) is 36.3 Å². The van der Waals surface area contributed by atoms with Gasteiger partial charge in [-0.1, -0.05) is 22.8 Å². The van der Waals surface area contributed by atoms with Crippen LogP contribution in [-0.2, 0) is 21.7 Å². The Morgan fingerprint density at radius 3 is 2.64 bits per heavy atom. The summed E-state index contributed by atoms with van der Waals surface area (Å²) in [5.41, 5.74) is 1.90. The molecule has 0 bridgehead atoms. The van der Waals surface area contributed by atoms with Gasteiger partial charge in [0.05, 0.1) is 38.4 Å². The molecule has 1 atom stereocenters. The summed E-state index contributed by atoms with van der Waals surface area (Å²) in [5, 5.41) is 13.6. The predicted molar refractivity (Wildman–Crippen MR) is 153 cm³/mol. The van der Waals surface area contributed by atoms with Crippen molar-refractivity contribution in [1.29, 1.82) is 0 Å². The number of hydrogen-bond donors (Lipinski definition) is 2. The Hall–Kier alpha value is -4.64. The predicted octanol–water partition coefficient (Wildman–Crippen LogP) is 6.03. The monoisotopic (exact) mass is 591 g/mol. The maximum atomic E-state index is 14.0. The molecular weight excluding hydrogens is 568 g/mol. The lowest BCUT2D eigenvalue weighted by Gasteiger charge is -2.18. The molecule has 1 aliphatic rings. The molecular formula is C30H24ClF2N5O4. The zero-order valence-electron chi connectivity index (χ0n) is 22.3. The molecule has 12 heteroatoms. The van der Waals surface area contributed by atoms with Crippen LogP contribution in [0, 0.1) is 11.6 Å². The Morgan fingerprint density at radius 1 is 1.10 bits per heavy atom. The Kier molecular flexibility index (Phi) is 6.97. The number of hydrogen-bond acceptors (Lipinski definition) is 6. The van der Waals surface area contributed by atoms with E-state index in [4.69, 9.17) is 26.5 Å². The normalized spacial score (nSPS) is 16.6. The van der Waals surface area contributed by atoms with Crippen LogP contribution < -0.4 is 5.56 Å². The highest BCUT2D eigenvalue weighted by atomic mass is 35.5. The van der Waals surface area contributed by atoms with Crippen molar-refractivity contribution in [3.8, 4) is 5.69 Å². The van der Waals surface area contributed by atoms with Gasteiger partial charge in [-0.15, -0.1) is 0 Å². The third-order valence-corrected chi connectivity index (χ3v) is 7.57. The number of halogens is 3. The van der Waals surface area contributed by atoms with Gasteiger partial charge in [-0.2, -0.15) is 0 Å². The van der Waals surface area contributed by atoms with Crippen molar-refractivity contribution in [2.45, 2.75) is 44.6 Å². The molecule has 3 heterocycles. The highest BCUT2D eigenvalue weighted by molar-refractivity contribution is 6.31. The number of fused-ring (bicyclic) bond motifs is 2. The molecule has 9 nitrogen and oxygen atoms in total. The number of unbranched alkanes of at least 4 members (excludes halogenated alkanes) is 1. The largest absolute Gasteiger partial charge is 0.481 e. The molecule has 0 unspecified atom stereocenters. The van der Waals surface area contributed by atoms with Crippen molar-refractivity contribution in [3.63, 3.8) is 0 Å². The van der Waals surface area contributed by atoms with Gasteiger partial charge >= 0.3 is 5.97 Å². The second kappa shape index (κ2) is 10.6. The number of nitrogens with one attached hydrogen (secondary N) is 1. The number of carboxylic acids is 1. The van der Waals surface area contributed by atoms with Crippen LogP contribution in [0.1, 0.15) is 49.8 Å². The van der Waals surface area contributed by atoms with Gasteiger partial charge in [0.1, 0.15) is 17.5 Å². The van der Waals surface area contributed by atoms with E-state index in [0.717, 1.165) is 0 Å². The minimum Gasteiger partial charge on any atom is -0.481 e. The van der Waals surface area contributed by atoms with Crippen LogP contribution in [0.2, 0.25) is 5.02 Å². The molecule has 42 heavy (non-hydrogen) atoms. The average molecular weight is 592 g/mol. The zero-order valence-corrected chi connectivity index (χ0v) is 23.1. The Labute approximate surface area is 242 Å². The smallest absolute Gasteiger partial charge is 0.303 e. The molecule has 1 aliphatic heterocycles. The molecule has 6 rings (SSSR count). The van der Waals surface area contributed by atoms with Gasteiger partial charge in [-0.25, -0.2) is 18.7 Å². The number of rotatable bonds is 8. The molecule has 2 aromatic heterocycles. The number of H-pyrrole nitrogens is 1. The summed E-state index contributed by atoms with van der Waals surface area (Å²) in [6.45, 7) is 1.81. The van der Waals surface area contributed by atoms with Crippen LogP contribution in [0.25, 0.3) is 27.6 Å². The highest BCUT2D eigenvalue weighted by Crippen LogP contribution is 2.36. The highest BCUT2D eigenvalue weighted by Gasteiger charge is 2.40. The molecule has 0 aliphatic carbocycles. The number of benzene rings is 3. The van der Waals surface area contributed by atoms with Gasteiger partial charge in [-0.05, 0) is 62.2 Å². The fourth-order valence-corrected chi connectivity index (χ4v) is 5.23. The van der Waals surface area contributed by atoms with E-state index in [9.17, 15) is 18.4 Å². The van der Waals surface area contributed by atoms with Crippen molar-refractivity contribution in [3.05, 3.63) is 98.8 Å². The zero-order chi connectivity index (χ0) is 29.6. The fraction of sp³-hybridized carbons (Fsp3) is 0.233. The van der Waals surface area contributed by atoms with E-state index < -0.39 is 23.2 Å². The first-order valence-electron chi connectivity index (χ1n) is 13.3. The molecule has 0 spiro atoms. The van der Waals surface area contributed by atoms with Gasteiger partial charge in [0.25, 0.3) is 5.56 Å². The fourth-order valence-electron chi connectivity index (χ4n) is 5.07. The maximum Gasteiger partial charge on any atom is 0.303 e. The van der Waals surface area contributed by atoms with Gasteiger partial charge in [0.15, 0.2) is 11.4 Å². The lowest BCUT2D eigenvalue weighted by molar-refractivity contribution is -0.137. The number of aromatic nitrogens is 4. The Balaban J connectivity index is 1.34. The van der Waals surface area contributed by atoms with Crippen molar-refractivity contribution in [1.82, 2.24) is 19.5 Å². The van der Waals surface area contributed by atoms with Crippen LogP contribution in [0.3, 0.4) is 0 Å². The number of aromatic amines is 1. The summed E-state index contributed by atoms with van der Waals surface area (Å²) in [6.07, 6.45) is 1.60. The van der Waals surface area contributed by atoms with Gasteiger partial charge in [0, 0.05) is 30.9 Å². The van der Waals surface area contributed by atoms with E-state index in [1.54, 1.807) is 18.2 Å². The van der Waals surface area contributed by atoms with Crippen molar-refractivity contribution < 1.29 is 23.5 Å². The first-order chi connectivity index (χ1) is 20.1. The first kappa shape index (κ1) is 27.5. The summed E-state index contributed by atoms with van der Waals surface area (Å²) in [4.78, 5) is 42.9. The summed E-state index contributed by atoms with van der Waals surface area (Å²) < 4.78 is 29.0. The van der Waals surface area contributed by atoms with E-state index in [1.165, 1.54) is 41.0 Å². The number of carboxylic acid groups (broad SMARTS) is 1. The molecule has 0 radical (unpaired) electrons. The van der Waals surface area contributed by atoms with E-state index >= 15 is 0 Å². The second-order valence-electron chi connectivity index (χ2n) is 10.4. The van der Waals surface area contributed by atoms with Crippen molar-refractivity contribution in [2.75, 3.05) is 0 Å². The number of oxime groups is 1. The summed E-state index contributed by atoms with van der Waals surface area (Å²) in [6, 6.07) is 13.5. The molecule has 0 fully saturated rings. The average Bonchev–Trinajstić information content (AvgIpc) is 3.56. The number of aryl methyl sites for hydroxylation is 1. The number of aliphatic carboxylic acids is 1. The standard InChI is InChI=1S/C30H24ClF2N5O4/c1-30(29-35-23-13-20(31)21(33)14-24(23)36-29)15-25(37-42-30)16-6-11-19-22(12-16)34-26(4-2-3-5-27(39)40)38(28(19)41)18-9-7-17(32)8-10-18/h6-14H,2-5,15H2,1H3,(H,35,36)(H,39,40)/t30-/m1/s1. The van der Waals surface area contributed by atoms with Crippen LogP contribution in [0.15, 0.2) is 64.5 Å². The van der Waals surface area contributed by atoms with Crippen LogP contribution in [0.4, 0.5) is 8.78 Å². The third kappa shape index (κ3) is 5.11. The lowest BCUT2D eigenvalue weighted by Crippen LogP contribution is -2.25. The molecule has 0 amide bonds. The SMILES string of the molecule is C[C@]1(c2nc3cc(Cl)c(F)cc3[nH]2)CC(c2ccc3c(=O)n(-c4ccc(F)cc4)c(CCCCC(=O)O)nc3c2)=NO1. The van der Waals surface area contributed by atoms with E-state index in [1.807, 2.05) is 6.92 Å². The molecule has 0 saturated heterocycles. The molecule has 5 aromatic rings. The maximum absolute atomic E-state index is 14.0. The Morgan fingerprint density at radius 2 is 1.88 bits per heavy atom. The quantitative estimate of drug-likeness (QED) is 0.212. The van der Waals surface area contributed by atoms with Crippen LogP contribution in [0.5, 0.6) is 0 Å². The molecule has 0 saturated carbocycles. The van der Waals surface area contributed by atoms with Gasteiger partial charge in [-0.3, -0.25) is 14.2 Å².